The fourth-order valence-corrected chi connectivity index (χ4v) is 2.44. The fourth-order valence-electron chi connectivity index (χ4n) is 2.44. The van der Waals surface area contributed by atoms with E-state index in [2.05, 4.69) is 9.72 Å². The Hall–Kier alpha value is -2.89. The van der Waals surface area contributed by atoms with Crippen LogP contribution in [0.2, 0.25) is 0 Å². The molecule has 0 radical (unpaired) electrons. The Morgan fingerprint density at radius 1 is 1.26 bits per heavy atom. The van der Waals surface area contributed by atoms with Gasteiger partial charge in [0.2, 0.25) is 5.71 Å². The van der Waals surface area contributed by atoms with Gasteiger partial charge in [-0.05, 0) is 31.5 Å². The molecule has 0 aliphatic carbocycles. The summed E-state index contributed by atoms with van der Waals surface area (Å²) in [7, 11) is 1.34. The second-order valence-corrected chi connectivity index (χ2v) is 5.33. The molecule has 0 aliphatic heterocycles. The number of fused-ring (bicyclic) bond motifs is 1. The quantitative estimate of drug-likeness (QED) is 0.694. The summed E-state index contributed by atoms with van der Waals surface area (Å²) >= 11 is 0. The van der Waals surface area contributed by atoms with Gasteiger partial charge in [0, 0.05) is 5.56 Å². The van der Waals surface area contributed by atoms with Crippen LogP contribution in [-0.4, -0.2) is 22.6 Å². The van der Waals surface area contributed by atoms with Crippen LogP contribution in [-0.2, 0) is 11.3 Å². The Morgan fingerprint density at radius 2 is 1.96 bits per heavy atom. The number of hydrogen-bond donors (Lipinski definition) is 0. The Balaban J connectivity index is 1.95. The number of rotatable bonds is 3. The predicted molar refractivity (Wildman–Crippen MR) is 84.6 cm³/mol. The van der Waals surface area contributed by atoms with Crippen LogP contribution in [0, 0.1) is 13.8 Å². The lowest BCUT2D eigenvalue weighted by molar-refractivity contribution is 0.0600. The van der Waals surface area contributed by atoms with E-state index in [1.807, 2.05) is 13.8 Å². The summed E-state index contributed by atoms with van der Waals surface area (Å²) in [4.78, 5) is 28.2. The first-order valence-corrected chi connectivity index (χ1v) is 7.13. The number of ether oxygens (including phenoxy) is 1. The largest absolute Gasteiger partial charge is 0.465 e. The minimum Gasteiger partial charge on any atom is -0.465 e. The summed E-state index contributed by atoms with van der Waals surface area (Å²) in [5.41, 5.74) is 2.40. The summed E-state index contributed by atoms with van der Waals surface area (Å²) in [5.74, 6) is 0.311. The van der Waals surface area contributed by atoms with Crippen LogP contribution in [0.4, 0.5) is 0 Å². The molecule has 0 atom stereocenters. The van der Waals surface area contributed by atoms with Gasteiger partial charge in [0.05, 0.1) is 19.2 Å². The lowest BCUT2D eigenvalue weighted by atomic mass is 10.1. The molecule has 0 fully saturated rings. The highest BCUT2D eigenvalue weighted by Crippen LogP contribution is 2.19. The zero-order valence-corrected chi connectivity index (χ0v) is 13.1. The minimum atomic E-state index is -0.388. The summed E-state index contributed by atoms with van der Waals surface area (Å²) in [6, 6.07) is 6.92. The van der Waals surface area contributed by atoms with E-state index < -0.39 is 0 Å². The molecule has 6 nitrogen and oxygen atoms in total. The molecule has 0 N–H and O–H groups in total. The van der Waals surface area contributed by atoms with E-state index in [0.29, 0.717) is 29.0 Å². The van der Waals surface area contributed by atoms with Gasteiger partial charge in [-0.15, -0.1) is 0 Å². The number of esters is 1. The summed E-state index contributed by atoms with van der Waals surface area (Å²) in [6.07, 6.45) is 1.47. The molecule has 23 heavy (non-hydrogen) atoms. The molecule has 0 unspecified atom stereocenters. The number of aromatic nitrogens is 2. The first kappa shape index (κ1) is 15.0. The Kier molecular flexibility index (Phi) is 3.73. The van der Waals surface area contributed by atoms with Crippen molar-refractivity contribution in [1.82, 2.24) is 9.55 Å². The van der Waals surface area contributed by atoms with E-state index in [9.17, 15) is 9.59 Å². The van der Waals surface area contributed by atoms with Crippen molar-refractivity contribution in [2.24, 2.45) is 0 Å². The van der Waals surface area contributed by atoms with Crippen molar-refractivity contribution >= 4 is 17.1 Å². The number of carbonyl (C=O) groups is 1. The van der Waals surface area contributed by atoms with E-state index in [1.54, 1.807) is 24.3 Å². The molecule has 0 saturated carbocycles. The van der Waals surface area contributed by atoms with Gasteiger partial charge in [0.1, 0.15) is 17.5 Å². The van der Waals surface area contributed by atoms with Crippen LogP contribution in [0.25, 0.3) is 11.1 Å². The number of carbonyl (C=O) groups excluding carboxylic acids is 1. The average Bonchev–Trinajstić information content (AvgIpc) is 2.85. The van der Waals surface area contributed by atoms with Crippen LogP contribution in [0.15, 0.2) is 39.8 Å². The second-order valence-electron chi connectivity index (χ2n) is 5.33. The highest BCUT2D eigenvalue weighted by molar-refractivity contribution is 5.89. The molecule has 0 aliphatic rings. The van der Waals surface area contributed by atoms with Crippen molar-refractivity contribution < 1.29 is 13.9 Å². The Labute approximate surface area is 132 Å². The molecule has 3 rings (SSSR count). The van der Waals surface area contributed by atoms with Gasteiger partial charge in [-0.25, -0.2) is 9.78 Å². The van der Waals surface area contributed by atoms with Gasteiger partial charge < -0.3 is 9.15 Å². The standard InChI is InChI=1S/C17H16N2O4/c1-10-11(2)23-15-14(10)16(20)19(9-18-15)8-12-4-6-13(7-5-12)17(21)22-3/h4-7,9H,8H2,1-3H3. The second kappa shape index (κ2) is 5.72. The number of nitrogens with zero attached hydrogens (tertiary/aromatic N) is 2. The van der Waals surface area contributed by atoms with E-state index in [0.717, 1.165) is 11.1 Å². The molecule has 0 saturated heterocycles. The molecular formula is C17H16N2O4. The van der Waals surface area contributed by atoms with E-state index in [1.165, 1.54) is 18.0 Å². The zero-order valence-electron chi connectivity index (χ0n) is 13.1. The minimum absolute atomic E-state index is 0.138. The third-order valence-electron chi connectivity index (χ3n) is 3.88. The van der Waals surface area contributed by atoms with Crippen molar-refractivity contribution in [3.8, 4) is 0 Å². The van der Waals surface area contributed by atoms with Gasteiger partial charge in [-0.1, -0.05) is 12.1 Å². The molecule has 6 heteroatoms. The van der Waals surface area contributed by atoms with Crippen LogP contribution in [0.3, 0.4) is 0 Å². The van der Waals surface area contributed by atoms with Crippen molar-refractivity contribution in [3.63, 3.8) is 0 Å². The molecule has 3 aromatic rings. The lowest BCUT2D eigenvalue weighted by Crippen LogP contribution is -2.21. The van der Waals surface area contributed by atoms with Gasteiger partial charge in [-0.2, -0.15) is 0 Å². The van der Waals surface area contributed by atoms with Gasteiger partial charge in [-0.3, -0.25) is 9.36 Å². The van der Waals surface area contributed by atoms with Crippen LogP contribution in [0.1, 0.15) is 27.2 Å². The smallest absolute Gasteiger partial charge is 0.337 e. The first-order chi connectivity index (χ1) is 11.0. The van der Waals surface area contributed by atoms with Crippen molar-refractivity contribution in [3.05, 3.63) is 63.4 Å². The summed E-state index contributed by atoms with van der Waals surface area (Å²) < 4.78 is 11.7. The Bertz CT molecular complexity index is 936. The van der Waals surface area contributed by atoms with Crippen LogP contribution >= 0.6 is 0 Å². The first-order valence-electron chi connectivity index (χ1n) is 7.13. The Morgan fingerprint density at radius 3 is 2.61 bits per heavy atom. The van der Waals surface area contributed by atoms with Crippen LogP contribution in [0.5, 0.6) is 0 Å². The van der Waals surface area contributed by atoms with Gasteiger partial charge in [0.25, 0.3) is 5.56 Å². The summed E-state index contributed by atoms with van der Waals surface area (Å²) in [6.45, 7) is 4.03. The number of aryl methyl sites for hydroxylation is 2. The normalized spacial score (nSPS) is 10.9. The zero-order chi connectivity index (χ0) is 16.6. The monoisotopic (exact) mass is 312 g/mol. The molecule has 118 valence electrons. The maximum Gasteiger partial charge on any atom is 0.337 e. The molecule has 2 aromatic heterocycles. The van der Waals surface area contributed by atoms with Gasteiger partial charge in [0.15, 0.2) is 0 Å². The number of benzene rings is 1. The predicted octanol–water partition coefficient (Wildman–Crippen LogP) is 2.44. The molecular weight excluding hydrogens is 296 g/mol. The third kappa shape index (κ3) is 2.63. The average molecular weight is 312 g/mol. The highest BCUT2D eigenvalue weighted by atomic mass is 16.5. The molecule has 1 aromatic carbocycles. The SMILES string of the molecule is COC(=O)c1ccc(Cn2cnc3oc(C)c(C)c3c2=O)cc1. The van der Waals surface area contributed by atoms with Crippen molar-refractivity contribution in [2.45, 2.75) is 20.4 Å². The maximum absolute atomic E-state index is 12.6. The molecule has 0 bridgehead atoms. The number of methoxy groups -OCH3 is 1. The highest BCUT2D eigenvalue weighted by Gasteiger charge is 2.14. The lowest BCUT2D eigenvalue weighted by Gasteiger charge is -2.06. The molecule has 0 spiro atoms. The van der Waals surface area contributed by atoms with Crippen LogP contribution < -0.4 is 5.56 Å². The molecule has 0 amide bonds. The van der Waals surface area contributed by atoms with Gasteiger partial charge >= 0.3 is 5.97 Å². The van der Waals surface area contributed by atoms with Crippen molar-refractivity contribution in [2.75, 3.05) is 7.11 Å². The molecule has 2 heterocycles. The third-order valence-corrected chi connectivity index (χ3v) is 3.88. The van der Waals surface area contributed by atoms with E-state index in [4.69, 9.17) is 4.42 Å². The fraction of sp³-hybridized carbons (Fsp3) is 0.235. The number of furan rings is 1. The topological polar surface area (TPSA) is 74.3 Å². The van der Waals surface area contributed by atoms with E-state index in [-0.39, 0.29) is 11.5 Å². The van der Waals surface area contributed by atoms with E-state index >= 15 is 0 Å². The number of hydrogen-bond acceptors (Lipinski definition) is 5. The maximum atomic E-state index is 12.6. The van der Waals surface area contributed by atoms with Crippen molar-refractivity contribution in [1.29, 1.82) is 0 Å². The summed E-state index contributed by atoms with van der Waals surface area (Å²) in [5, 5.41) is 0.510.